The highest BCUT2D eigenvalue weighted by Gasteiger charge is 2.23. The first-order valence-electron chi connectivity index (χ1n) is 11.4. The van der Waals surface area contributed by atoms with Gasteiger partial charge in [0.25, 0.3) is 5.91 Å². The number of carbonyl (C=O) groups is 2. The lowest BCUT2D eigenvalue weighted by atomic mass is 10.1. The van der Waals surface area contributed by atoms with Gasteiger partial charge in [-0.2, -0.15) is 0 Å². The zero-order valence-corrected chi connectivity index (χ0v) is 21.7. The van der Waals surface area contributed by atoms with Gasteiger partial charge in [0.1, 0.15) is 16.7 Å². The minimum atomic E-state index is -2.19. The van der Waals surface area contributed by atoms with Gasteiger partial charge in [0, 0.05) is 31.6 Å². The molecule has 36 heavy (non-hydrogen) atoms. The van der Waals surface area contributed by atoms with Crippen LogP contribution in [0.25, 0.3) is 0 Å². The molecule has 0 aliphatic carbocycles. The van der Waals surface area contributed by atoms with Crippen molar-refractivity contribution >= 4 is 34.4 Å². The lowest BCUT2D eigenvalue weighted by Gasteiger charge is -2.24. The molecule has 2 amide bonds. The number of hydroxylamine groups is 1. The van der Waals surface area contributed by atoms with Crippen LogP contribution in [0.3, 0.4) is 0 Å². The fourth-order valence-electron chi connectivity index (χ4n) is 3.20. The van der Waals surface area contributed by atoms with Crippen LogP contribution in [-0.4, -0.2) is 57.1 Å². The third-order valence-electron chi connectivity index (χ3n) is 5.24. The molecule has 0 spiro atoms. The average molecular weight is 546 g/mol. The van der Waals surface area contributed by atoms with E-state index in [0.29, 0.717) is 11.4 Å². The Morgan fingerprint density at radius 1 is 1.08 bits per heavy atom. The molecule has 0 fully saturated rings. The summed E-state index contributed by atoms with van der Waals surface area (Å²) in [5, 5.41) is 9.31. The Kier molecular flexibility index (Phi) is 12.2. The summed E-state index contributed by atoms with van der Waals surface area (Å²) in [5.41, 5.74) is 1.44. The molecular formula is C24H30ClF2N3O5S. The Hall–Kier alpha value is -2.60. The van der Waals surface area contributed by atoms with Crippen LogP contribution in [0.1, 0.15) is 39.0 Å². The van der Waals surface area contributed by atoms with Gasteiger partial charge in [-0.05, 0) is 42.8 Å². The third-order valence-corrected chi connectivity index (χ3v) is 6.91. The van der Waals surface area contributed by atoms with Crippen molar-refractivity contribution in [3.63, 3.8) is 0 Å². The van der Waals surface area contributed by atoms with Crippen LogP contribution in [0, 0.1) is 11.6 Å². The predicted molar refractivity (Wildman–Crippen MR) is 132 cm³/mol. The zero-order valence-electron chi connectivity index (χ0n) is 20.1. The Balaban J connectivity index is 2.13. The summed E-state index contributed by atoms with van der Waals surface area (Å²) in [6.45, 7) is 1.60. The van der Waals surface area contributed by atoms with Crippen LogP contribution in [0.5, 0.6) is 11.5 Å². The molecule has 0 saturated carbocycles. The summed E-state index contributed by atoms with van der Waals surface area (Å²) in [6, 6.07) is 7.54. The molecule has 0 saturated heterocycles. The van der Waals surface area contributed by atoms with Gasteiger partial charge in [-0.15, -0.1) is 0 Å². The molecule has 2 aromatic rings. The van der Waals surface area contributed by atoms with E-state index in [1.54, 1.807) is 7.05 Å². The summed E-state index contributed by atoms with van der Waals surface area (Å²) < 4.78 is 48.9. The molecule has 0 bridgehead atoms. The quantitative estimate of drug-likeness (QED) is 0.204. The van der Waals surface area contributed by atoms with Gasteiger partial charge in [-0.1, -0.05) is 37.8 Å². The Morgan fingerprint density at radius 2 is 1.72 bits per heavy atom. The number of rotatable bonds is 14. The first-order valence-corrected chi connectivity index (χ1v) is 12.9. The van der Waals surface area contributed by atoms with Crippen LogP contribution in [0.4, 0.5) is 8.78 Å². The van der Waals surface area contributed by atoms with Crippen molar-refractivity contribution in [2.45, 2.75) is 43.9 Å². The van der Waals surface area contributed by atoms with E-state index < -0.39 is 40.8 Å². The van der Waals surface area contributed by atoms with Crippen molar-refractivity contribution in [2.24, 2.45) is 0 Å². The van der Waals surface area contributed by atoms with Crippen LogP contribution in [0.2, 0.25) is 5.02 Å². The van der Waals surface area contributed by atoms with Crippen molar-refractivity contribution in [3.8, 4) is 11.5 Å². The largest absolute Gasteiger partial charge is 0.451 e. The van der Waals surface area contributed by atoms with E-state index in [1.807, 2.05) is 0 Å². The molecule has 1 unspecified atom stereocenters. The molecule has 2 rings (SSSR count). The fraction of sp³-hybridized carbons (Fsp3) is 0.417. The molecule has 0 radical (unpaired) electrons. The van der Waals surface area contributed by atoms with E-state index in [1.165, 1.54) is 34.6 Å². The molecule has 0 aromatic heterocycles. The fourth-order valence-corrected chi connectivity index (χ4v) is 4.52. The first-order chi connectivity index (χ1) is 17.2. The molecule has 0 aliphatic rings. The van der Waals surface area contributed by atoms with E-state index in [-0.39, 0.29) is 29.6 Å². The lowest BCUT2D eigenvalue weighted by molar-refractivity contribution is -0.130. The Bertz CT molecular complexity index is 1040. The second kappa shape index (κ2) is 14.8. The lowest BCUT2D eigenvalue weighted by Crippen LogP contribution is -2.42. The molecule has 0 aliphatic heterocycles. The number of halogens is 3. The number of amides is 2. The van der Waals surface area contributed by atoms with Crippen LogP contribution in [0.15, 0.2) is 41.3 Å². The highest BCUT2D eigenvalue weighted by Crippen LogP contribution is 2.30. The molecule has 2 aromatic carbocycles. The van der Waals surface area contributed by atoms with E-state index in [2.05, 4.69) is 6.92 Å². The summed E-state index contributed by atoms with van der Waals surface area (Å²) in [4.78, 5) is 25.3. The van der Waals surface area contributed by atoms with Gasteiger partial charge < -0.3 is 9.64 Å². The highest BCUT2D eigenvalue weighted by molar-refractivity contribution is 7.82. The van der Waals surface area contributed by atoms with E-state index in [0.717, 1.165) is 42.1 Å². The number of likely N-dealkylation sites (N-methyl/N-ethyl adjacent to an activating group) is 1. The van der Waals surface area contributed by atoms with Crippen molar-refractivity contribution in [1.82, 2.24) is 14.7 Å². The van der Waals surface area contributed by atoms with Crippen LogP contribution >= 0.6 is 11.6 Å². The number of benzene rings is 2. The standard InChI is InChI=1S/C24H30ClF2N3O5S/c1-3-4-5-6-7-23(32)29(2)12-13-30(16-22(31)28-33)36(34)19-14-20(26)24(21(27)15-19)35-18-10-8-17(25)9-11-18/h8-11,14-15,33H,3-7,12-13,16H2,1-2H3,(H,28,31). The van der Waals surface area contributed by atoms with Crippen molar-refractivity contribution in [3.05, 3.63) is 53.1 Å². The maximum absolute atomic E-state index is 14.7. The first kappa shape index (κ1) is 29.6. The van der Waals surface area contributed by atoms with Gasteiger partial charge in [0.05, 0.1) is 11.4 Å². The van der Waals surface area contributed by atoms with Gasteiger partial charge in [0.15, 0.2) is 17.4 Å². The predicted octanol–water partition coefficient (Wildman–Crippen LogP) is 4.67. The van der Waals surface area contributed by atoms with E-state index in [4.69, 9.17) is 21.5 Å². The average Bonchev–Trinajstić information content (AvgIpc) is 2.86. The molecule has 0 heterocycles. The highest BCUT2D eigenvalue weighted by atomic mass is 35.5. The second-order valence-electron chi connectivity index (χ2n) is 8.05. The van der Waals surface area contributed by atoms with Crippen molar-refractivity contribution < 1.29 is 32.5 Å². The number of hydrogen-bond donors (Lipinski definition) is 2. The minimum absolute atomic E-state index is 0.0521. The van der Waals surface area contributed by atoms with Gasteiger partial charge >= 0.3 is 0 Å². The summed E-state index contributed by atoms with van der Waals surface area (Å²) >= 11 is 5.80. The van der Waals surface area contributed by atoms with Crippen molar-refractivity contribution in [2.75, 3.05) is 26.7 Å². The Labute approximate surface area is 216 Å². The van der Waals surface area contributed by atoms with Crippen LogP contribution < -0.4 is 10.2 Å². The van der Waals surface area contributed by atoms with Crippen molar-refractivity contribution in [1.29, 1.82) is 0 Å². The number of unbranched alkanes of at least 4 members (excludes halogenated alkanes) is 3. The SMILES string of the molecule is CCCCCCC(=O)N(C)CCN(CC(=O)NO)S(=O)c1cc(F)c(Oc2ccc(Cl)cc2)c(F)c1. The maximum Gasteiger partial charge on any atom is 0.258 e. The number of ether oxygens (including phenoxy) is 1. The van der Waals surface area contributed by atoms with Gasteiger partial charge in [-0.25, -0.2) is 22.8 Å². The smallest absolute Gasteiger partial charge is 0.258 e. The normalized spacial score (nSPS) is 11.9. The number of nitrogens with one attached hydrogen (secondary N) is 1. The number of carbonyl (C=O) groups excluding carboxylic acids is 2. The summed E-state index contributed by atoms with van der Waals surface area (Å²) in [6.07, 6.45) is 4.15. The minimum Gasteiger partial charge on any atom is -0.451 e. The van der Waals surface area contributed by atoms with E-state index in [9.17, 15) is 22.6 Å². The topological polar surface area (TPSA) is 99.2 Å². The molecule has 8 nitrogen and oxygen atoms in total. The molecule has 198 valence electrons. The molecular weight excluding hydrogens is 516 g/mol. The number of hydrogen-bond acceptors (Lipinski definition) is 5. The summed E-state index contributed by atoms with van der Waals surface area (Å²) in [7, 11) is -0.608. The zero-order chi connectivity index (χ0) is 26.7. The van der Waals surface area contributed by atoms with Gasteiger partial charge in [-0.3, -0.25) is 14.8 Å². The van der Waals surface area contributed by atoms with Gasteiger partial charge in [0.2, 0.25) is 5.91 Å². The van der Waals surface area contributed by atoms with E-state index >= 15 is 0 Å². The molecule has 12 heteroatoms. The van der Waals surface area contributed by atoms with Crippen LogP contribution in [-0.2, 0) is 20.6 Å². The molecule has 2 N–H and O–H groups in total. The molecule has 1 atom stereocenters. The summed E-state index contributed by atoms with van der Waals surface area (Å²) in [5.74, 6) is -3.72. The Morgan fingerprint density at radius 3 is 2.31 bits per heavy atom. The number of nitrogens with zero attached hydrogens (tertiary/aromatic N) is 2. The third kappa shape index (κ3) is 9.12. The second-order valence-corrected chi connectivity index (χ2v) is 9.97. The maximum atomic E-state index is 14.7. The monoisotopic (exact) mass is 545 g/mol.